The molecule has 0 aliphatic rings. The molecule has 0 fully saturated rings. The summed E-state index contributed by atoms with van der Waals surface area (Å²) in [7, 11) is 0. The quantitative estimate of drug-likeness (QED) is 0.660. The van der Waals surface area contributed by atoms with Gasteiger partial charge in [-0.05, 0) is 5.92 Å². The molecule has 0 saturated carbocycles. The minimum atomic E-state index is -0.538. The number of nitrogens with one attached hydrogen (secondary N) is 1. The van der Waals surface area contributed by atoms with Crippen LogP contribution in [0.2, 0.25) is 0 Å². The molecule has 0 saturated heterocycles. The second-order valence-electron chi connectivity index (χ2n) is 2.62. The fourth-order valence-electron chi connectivity index (χ4n) is 0.924. The molecule has 1 aromatic rings. The van der Waals surface area contributed by atoms with Crippen molar-refractivity contribution in [3.05, 3.63) is 27.9 Å². The zero-order chi connectivity index (χ0) is 8.43. The van der Waals surface area contributed by atoms with Crippen LogP contribution in [0.15, 0.2) is 11.0 Å². The van der Waals surface area contributed by atoms with Crippen molar-refractivity contribution in [2.45, 2.75) is 19.8 Å². The topological polar surface area (TPSA) is 45.8 Å². The van der Waals surface area contributed by atoms with Gasteiger partial charge >= 0.3 is 0 Å². The molecule has 60 valence electrons. The summed E-state index contributed by atoms with van der Waals surface area (Å²) in [6, 6.07) is 0. The molecule has 0 unspecified atom stereocenters. The first kappa shape index (κ1) is 7.91. The average molecular weight is 156 g/mol. The molecule has 0 bridgehead atoms. The highest BCUT2D eigenvalue weighted by Crippen LogP contribution is 2.11. The highest BCUT2D eigenvalue weighted by molar-refractivity contribution is 5.12. The van der Waals surface area contributed by atoms with Crippen molar-refractivity contribution in [3.63, 3.8) is 0 Å². The van der Waals surface area contributed by atoms with Gasteiger partial charge < -0.3 is 0 Å². The number of nitrogens with zero attached hydrogens (tertiary/aromatic N) is 1. The van der Waals surface area contributed by atoms with Gasteiger partial charge in [-0.15, -0.1) is 0 Å². The fourth-order valence-corrected chi connectivity index (χ4v) is 0.924. The van der Waals surface area contributed by atoms with Crippen LogP contribution in [0.5, 0.6) is 0 Å². The van der Waals surface area contributed by atoms with Crippen molar-refractivity contribution in [2.75, 3.05) is 0 Å². The van der Waals surface area contributed by atoms with Gasteiger partial charge in [0, 0.05) is 0 Å². The lowest BCUT2D eigenvalue weighted by Gasteiger charge is -2.02. The van der Waals surface area contributed by atoms with Gasteiger partial charge in [0.15, 0.2) is 5.82 Å². The van der Waals surface area contributed by atoms with Gasteiger partial charge in [-0.25, -0.2) is 9.49 Å². The van der Waals surface area contributed by atoms with Crippen LogP contribution >= 0.6 is 0 Å². The van der Waals surface area contributed by atoms with Gasteiger partial charge in [0.1, 0.15) is 0 Å². The Labute approximate surface area is 63.3 Å². The van der Waals surface area contributed by atoms with E-state index >= 15 is 0 Å². The molecule has 0 aliphatic heterocycles. The molecule has 0 spiro atoms. The van der Waals surface area contributed by atoms with Gasteiger partial charge in [0.25, 0.3) is 5.56 Å². The summed E-state index contributed by atoms with van der Waals surface area (Å²) in [5.41, 5.74) is -0.278. The molecular formula is C7H9FN2O. The lowest BCUT2D eigenvalue weighted by Crippen LogP contribution is -2.17. The van der Waals surface area contributed by atoms with Gasteiger partial charge in [0.2, 0.25) is 0 Å². The Morgan fingerprint density at radius 3 is 2.64 bits per heavy atom. The van der Waals surface area contributed by atoms with E-state index in [0.29, 0.717) is 0 Å². The largest absolute Gasteiger partial charge is 0.270 e. The first-order chi connectivity index (χ1) is 5.13. The number of aromatic nitrogens is 2. The predicted octanol–water partition coefficient (Wildman–Crippen LogP) is 1.03. The van der Waals surface area contributed by atoms with Gasteiger partial charge in [-0.1, -0.05) is 13.8 Å². The molecule has 0 radical (unpaired) electrons. The minimum Gasteiger partial charge on any atom is -0.268 e. The summed E-state index contributed by atoms with van der Waals surface area (Å²) in [6.07, 6.45) is 1.01. The summed E-state index contributed by atoms with van der Waals surface area (Å²) >= 11 is 0. The maximum atomic E-state index is 12.8. The van der Waals surface area contributed by atoms with Crippen LogP contribution in [0.3, 0.4) is 0 Å². The molecule has 3 nitrogen and oxygen atoms in total. The van der Waals surface area contributed by atoms with Crippen molar-refractivity contribution >= 4 is 0 Å². The van der Waals surface area contributed by atoms with Gasteiger partial charge in [-0.2, -0.15) is 5.10 Å². The monoisotopic (exact) mass is 156 g/mol. The second kappa shape index (κ2) is 2.82. The fraction of sp³-hybridized carbons (Fsp3) is 0.429. The van der Waals surface area contributed by atoms with E-state index in [2.05, 4.69) is 10.2 Å². The predicted molar refractivity (Wildman–Crippen MR) is 38.9 cm³/mol. The Balaban J connectivity index is 3.33. The van der Waals surface area contributed by atoms with E-state index in [1.165, 1.54) is 0 Å². The Hall–Kier alpha value is -1.19. The first-order valence-corrected chi connectivity index (χ1v) is 3.36. The normalized spacial score (nSPS) is 10.5. The van der Waals surface area contributed by atoms with E-state index in [4.69, 9.17) is 0 Å². The van der Waals surface area contributed by atoms with E-state index in [1.54, 1.807) is 13.8 Å². The number of aromatic amines is 1. The molecule has 1 N–H and O–H groups in total. The number of H-pyrrole nitrogens is 1. The van der Waals surface area contributed by atoms with E-state index in [9.17, 15) is 9.18 Å². The highest BCUT2D eigenvalue weighted by atomic mass is 19.1. The highest BCUT2D eigenvalue weighted by Gasteiger charge is 2.10. The van der Waals surface area contributed by atoms with Gasteiger partial charge in [-0.3, -0.25) is 4.79 Å². The van der Waals surface area contributed by atoms with Crippen molar-refractivity contribution in [1.29, 1.82) is 0 Å². The SMILES string of the molecule is CC(C)c1c(F)cn[nH]c1=O. The summed E-state index contributed by atoms with van der Waals surface area (Å²) in [5.74, 6) is -0.648. The third kappa shape index (κ3) is 1.45. The van der Waals surface area contributed by atoms with E-state index in [-0.39, 0.29) is 11.5 Å². The van der Waals surface area contributed by atoms with Crippen molar-refractivity contribution < 1.29 is 4.39 Å². The molecule has 11 heavy (non-hydrogen) atoms. The Morgan fingerprint density at radius 2 is 2.27 bits per heavy atom. The summed E-state index contributed by atoms with van der Waals surface area (Å²) < 4.78 is 12.8. The lowest BCUT2D eigenvalue weighted by molar-refractivity contribution is 0.578. The molecule has 4 heteroatoms. The third-order valence-electron chi connectivity index (χ3n) is 1.42. The lowest BCUT2D eigenvalue weighted by atomic mass is 10.1. The number of rotatable bonds is 1. The van der Waals surface area contributed by atoms with E-state index in [0.717, 1.165) is 6.20 Å². The zero-order valence-corrected chi connectivity index (χ0v) is 6.39. The average Bonchev–Trinajstić information content (AvgIpc) is 1.85. The molecule has 1 rings (SSSR count). The molecule has 0 aromatic carbocycles. The van der Waals surface area contributed by atoms with Crippen molar-refractivity contribution in [1.82, 2.24) is 10.2 Å². The summed E-state index contributed by atoms with van der Waals surface area (Å²) in [4.78, 5) is 10.9. The van der Waals surface area contributed by atoms with Crippen LogP contribution in [0.25, 0.3) is 0 Å². The van der Waals surface area contributed by atoms with Crippen LogP contribution in [0.1, 0.15) is 25.3 Å². The van der Waals surface area contributed by atoms with Gasteiger partial charge in [0.05, 0.1) is 11.8 Å². The molecule has 1 heterocycles. The summed E-state index contributed by atoms with van der Waals surface area (Å²) in [6.45, 7) is 3.52. The van der Waals surface area contributed by atoms with Crippen LogP contribution in [0, 0.1) is 5.82 Å². The first-order valence-electron chi connectivity index (χ1n) is 3.36. The zero-order valence-electron chi connectivity index (χ0n) is 6.39. The maximum absolute atomic E-state index is 12.8. The van der Waals surface area contributed by atoms with Crippen molar-refractivity contribution in [3.8, 4) is 0 Å². The minimum absolute atomic E-state index is 0.109. The summed E-state index contributed by atoms with van der Waals surface area (Å²) in [5, 5.41) is 5.49. The maximum Gasteiger partial charge on any atom is 0.270 e. The van der Waals surface area contributed by atoms with Crippen LogP contribution in [0.4, 0.5) is 4.39 Å². The number of hydrogen-bond donors (Lipinski definition) is 1. The van der Waals surface area contributed by atoms with Crippen LogP contribution < -0.4 is 5.56 Å². The Kier molecular flexibility index (Phi) is 2.03. The smallest absolute Gasteiger partial charge is 0.268 e. The third-order valence-corrected chi connectivity index (χ3v) is 1.42. The number of hydrogen-bond acceptors (Lipinski definition) is 2. The Bertz CT molecular complexity index is 306. The molecule has 1 aromatic heterocycles. The molecule has 0 aliphatic carbocycles. The van der Waals surface area contributed by atoms with Crippen molar-refractivity contribution in [2.24, 2.45) is 0 Å². The van der Waals surface area contributed by atoms with Crippen LogP contribution in [-0.4, -0.2) is 10.2 Å². The standard InChI is InChI=1S/C7H9FN2O/c1-4(2)6-5(8)3-9-10-7(6)11/h3-4H,1-2H3,(H,10,11). The Morgan fingerprint density at radius 1 is 1.64 bits per heavy atom. The molecule has 0 amide bonds. The second-order valence-corrected chi connectivity index (χ2v) is 2.62. The van der Waals surface area contributed by atoms with Crippen LogP contribution in [-0.2, 0) is 0 Å². The number of halogens is 1. The van der Waals surface area contributed by atoms with E-state index in [1.807, 2.05) is 0 Å². The molecular weight excluding hydrogens is 147 g/mol. The molecule has 0 atom stereocenters. The van der Waals surface area contributed by atoms with E-state index < -0.39 is 11.4 Å².